The Bertz CT molecular complexity index is 1180. The number of aromatic nitrogens is 2. The van der Waals surface area contributed by atoms with Gasteiger partial charge in [0.2, 0.25) is 0 Å². The minimum Gasteiger partial charge on any atom is -0.487 e. The van der Waals surface area contributed by atoms with Gasteiger partial charge in [-0.15, -0.1) is 0 Å². The van der Waals surface area contributed by atoms with Crippen LogP contribution >= 0.6 is 0 Å². The Morgan fingerprint density at radius 2 is 1.96 bits per heavy atom. The summed E-state index contributed by atoms with van der Waals surface area (Å²) >= 11 is 0. The minimum atomic E-state index is -0.781. The Balaban J connectivity index is 1.56. The number of nitrogens with zero attached hydrogens (tertiary/aromatic N) is 2. The third-order valence-electron chi connectivity index (χ3n) is 5.19. The van der Waals surface area contributed by atoms with E-state index in [2.05, 4.69) is 15.6 Å². The lowest BCUT2D eigenvalue weighted by Gasteiger charge is -2.07. The van der Waals surface area contributed by atoms with Gasteiger partial charge in [0.15, 0.2) is 0 Å². The molecule has 4 rings (SSSR count). The van der Waals surface area contributed by atoms with Gasteiger partial charge in [-0.3, -0.25) is 4.79 Å². The zero-order valence-corrected chi connectivity index (χ0v) is 16.0. The lowest BCUT2D eigenvalue weighted by atomic mass is 10.1. The predicted octanol–water partition coefficient (Wildman–Crippen LogP) is 4.63. The van der Waals surface area contributed by atoms with Crippen molar-refractivity contribution in [2.75, 3.05) is 0 Å². The van der Waals surface area contributed by atoms with Crippen molar-refractivity contribution in [1.82, 2.24) is 9.55 Å². The van der Waals surface area contributed by atoms with Crippen molar-refractivity contribution < 1.29 is 14.6 Å². The van der Waals surface area contributed by atoms with Crippen molar-refractivity contribution in [3.05, 3.63) is 71.5 Å². The Morgan fingerprint density at radius 1 is 1.14 bits per heavy atom. The molecule has 0 unspecified atom stereocenters. The molecule has 0 aliphatic rings. The zero-order chi connectivity index (χ0) is 19.7. The van der Waals surface area contributed by atoms with Crippen LogP contribution in [-0.4, -0.2) is 20.6 Å². The van der Waals surface area contributed by atoms with Crippen LogP contribution in [-0.2, 0) is 24.9 Å². The molecule has 0 amide bonds. The molecule has 0 saturated heterocycles. The number of para-hydroxylation sites is 1. The van der Waals surface area contributed by atoms with Gasteiger partial charge in [0.05, 0.1) is 17.6 Å². The highest BCUT2D eigenvalue weighted by Gasteiger charge is 2.13. The summed E-state index contributed by atoms with van der Waals surface area (Å²) in [5.41, 5.74) is 5.07. The molecular formula is C23H22N2O3. The normalized spacial score (nSPS) is 11.2. The summed E-state index contributed by atoms with van der Waals surface area (Å²) in [6.07, 6.45) is 0.644. The number of fused-ring (bicyclic) bond motifs is 2. The van der Waals surface area contributed by atoms with Crippen LogP contribution in [0.15, 0.2) is 54.6 Å². The monoisotopic (exact) mass is 374 g/mol. The summed E-state index contributed by atoms with van der Waals surface area (Å²) in [7, 11) is 1.98. The fourth-order valence-electron chi connectivity index (χ4n) is 3.68. The first-order chi connectivity index (χ1) is 13.5. The molecule has 0 spiro atoms. The molecule has 0 fully saturated rings. The van der Waals surface area contributed by atoms with Gasteiger partial charge >= 0.3 is 5.97 Å². The summed E-state index contributed by atoms with van der Waals surface area (Å²) in [6.45, 7) is 2.43. The van der Waals surface area contributed by atoms with E-state index < -0.39 is 5.97 Å². The maximum atomic E-state index is 10.9. The van der Waals surface area contributed by atoms with Gasteiger partial charge in [-0.05, 0) is 49.2 Å². The van der Waals surface area contributed by atoms with E-state index in [-0.39, 0.29) is 6.42 Å². The average Bonchev–Trinajstić information content (AvgIpc) is 2.94. The van der Waals surface area contributed by atoms with E-state index in [1.54, 1.807) is 0 Å². The SMILES string of the molecule is Cc1c(CCC(=O)O)n(C)c2ccc(OCc3ccc4ccccc4n3)cc12. The number of ether oxygens (including phenoxy) is 1. The molecule has 0 atom stereocenters. The maximum Gasteiger partial charge on any atom is 0.303 e. The Labute approximate surface area is 163 Å². The van der Waals surface area contributed by atoms with Crippen molar-refractivity contribution >= 4 is 27.8 Å². The first kappa shape index (κ1) is 18.0. The first-order valence-corrected chi connectivity index (χ1v) is 9.30. The highest BCUT2D eigenvalue weighted by molar-refractivity contribution is 5.87. The van der Waals surface area contributed by atoms with Crippen LogP contribution in [0.1, 0.15) is 23.4 Å². The molecule has 28 heavy (non-hydrogen) atoms. The molecule has 2 heterocycles. The van der Waals surface area contributed by atoms with Crippen molar-refractivity contribution in [2.45, 2.75) is 26.4 Å². The van der Waals surface area contributed by atoms with E-state index in [0.29, 0.717) is 13.0 Å². The maximum absolute atomic E-state index is 10.9. The van der Waals surface area contributed by atoms with Crippen LogP contribution in [0, 0.1) is 6.92 Å². The zero-order valence-electron chi connectivity index (χ0n) is 16.0. The lowest BCUT2D eigenvalue weighted by Crippen LogP contribution is -2.03. The molecule has 5 heteroatoms. The van der Waals surface area contributed by atoms with E-state index in [4.69, 9.17) is 9.84 Å². The number of pyridine rings is 1. The average molecular weight is 374 g/mol. The molecule has 0 aliphatic heterocycles. The number of carboxylic acids is 1. The van der Waals surface area contributed by atoms with Crippen molar-refractivity contribution in [3.63, 3.8) is 0 Å². The standard InChI is InChI=1S/C23H22N2O3/c1-15-19-13-18(9-10-22(19)25(2)21(15)11-12-23(26)27)28-14-17-8-7-16-5-3-4-6-20(16)24-17/h3-10,13H,11-12,14H2,1-2H3,(H,26,27). The fraction of sp³-hybridized carbons (Fsp3) is 0.217. The van der Waals surface area contributed by atoms with Crippen LogP contribution in [0.25, 0.3) is 21.8 Å². The summed E-state index contributed by atoms with van der Waals surface area (Å²) < 4.78 is 8.06. The van der Waals surface area contributed by atoms with Gasteiger partial charge < -0.3 is 14.4 Å². The van der Waals surface area contributed by atoms with Crippen molar-refractivity contribution in [3.8, 4) is 5.75 Å². The first-order valence-electron chi connectivity index (χ1n) is 9.30. The summed E-state index contributed by atoms with van der Waals surface area (Å²) in [6, 6.07) is 18.1. The molecule has 4 aromatic rings. The predicted molar refractivity (Wildman–Crippen MR) is 110 cm³/mol. The van der Waals surface area contributed by atoms with E-state index in [1.165, 1.54) is 0 Å². The van der Waals surface area contributed by atoms with Crippen molar-refractivity contribution in [2.24, 2.45) is 7.05 Å². The molecule has 5 nitrogen and oxygen atoms in total. The van der Waals surface area contributed by atoms with E-state index in [9.17, 15) is 4.79 Å². The van der Waals surface area contributed by atoms with Gasteiger partial charge in [-0.25, -0.2) is 4.98 Å². The largest absolute Gasteiger partial charge is 0.487 e. The minimum absolute atomic E-state index is 0.127. The Kier molecular flexibility index (Phi) is 4.74. The van der Waals surface area contributed by atoms with Crippen LogP contribution in [0.4, 0.5) is 0 Å². The Morgan fingerprint density at radius 3 is 2.79 bits per heavy atom. The lowest BCUT2D eigenvalue weighted by molar-refractivity contribution is -0.136. The molecule has 0 radical (unpaired) electrons. The molecule has 0 saturated carbocycles. The molecule has 2 aromatic carbocycles. The van der Waals surface area contributed by atoms with Crippen LogP contribution in [0.5, 0.6) is 5.75 Å². The van der Waals surface area contributed by atoms with Gasteiger partial charge in [0.25, 0.3) is 0 Å². The molecule has 2 aromatic heterocycles. The molecular weight excluding hydrogens is 352 g/mol. The fourth-order valence-corrected chi connectivity index (χ4v) is 3.68. The number of hydrogen-bond acceptors (Lipinski definition) is 3. The number of aliphatic carboxylic acids is 1. The number of carbonyl (C=O) groups is 1. The smallest absolute Gasteiger partial charge is 0.303 e. The van der Waals surface area contributed by atoms with Crippen LogP contribution < -0.4 is 4.74 Å². The van der Waals surface area contributed by atoms with Gasteiger partial charge in [-0.2, -0.15) is 0 Å². The number of aryl methyl sites for hydroxylation is 2. The van der Waals surface area contributed by atoms with Crippen LogP contribution in [0.2, 0.25) is 0 Å². The summed E-state index contributed by atoms with van der Waals surface area (Å²) in [4.78, 5) is 15.6. The second-order valence-corrected chi connectivity index (χ2v) is 6.99. The van der Waals surface area contributed by atoms with E-state index in [0.717, 1.165) is 44.5 Å². The van der Waals surface area contributed by atoms with Gasteiger partial charge in [0, 0.05) is 29.0 Å². The van der Waals surface area contributed by atoms with Gasteiger partial charge in [-0.1, -0.05) is 24.3 Å². The Hall–Kier alpha value is -3.34. The third kappa shape index (κ3) is 3.43. The molecule has 1 N–H and O–H groups in total. The van der Waals surface area contributed by atoms with E-state index in [1.807, 2.05) is 62.5 Å². The number of benzene rings is 2. The highest BCUT2D eigenvalue weighted by Crippen LogP contribution is 2.29. The quantitative estimate of drug-likeness (QED) is 0.534. The third-order valence-corrected chi connectivity index (χ3v) is 5.19. The summed E-state index contributed by atoms with van der Waals surface area (Å²) in [5, 5.41) is 11.2. The number of rotatable bonds is 6. The van der Waals surface area contributed by atoms with Gasteiger partial charge in [0.1, 0.15) is 12.4 Å². The summed E-state index contributed by atoms with van der Waals surface area (Å²) in [5.74, 6) is -0.00231. The molecule has 0 aliphatic carbocycles. The topological polar surface area (TPSA) is 64.3 Å². The van der Waals surface area contributed by atoms with Crippen LogP contribution in [0.3, 0.4) is 0 Å². The molecule has 142 valence electrons. The van der Waals surface area contributed by atoms with E-state index >= 15 is 0 Å². The second kappa shape index (κ2) is 7.35. The van der Waals surface area contributed by atoms with Crippen molar-refractivity contribution in [1.29, 1.82) is 0 Å². The second-order valence-electron chi connectivity index (χ2n) is 6.99. The number of carboxylic acid groups (broad SMARTS) is 1. The highest BCUT2D eigenvalue weighted by atomic mass is 16.5. The number of hydrogen-bond donors (Lipinski definition) is 1. The molecule has 0 bridgehead atoms.